The van der Waals surface area contributed by atoms with Gasteiger partial charge < -0.3 is 14.8 Å². The Balaban J connectivity index is 3.07. The molecule has 0 bridgehead atoms. The minimum atomic E-state index is -4.03. The lowest BCUT2D eigenvalue weighted by Crippen LogP contribution is -2.43. The van der Waals surface area contributed by atoms with Gasteiger partial charge in [0.1, 0.15) is 10.7 Å². The van der Waals surface area contributed by atoms with E-state index in [0.29, 0.717) is 0 Å². The largest absolute Gasteiger partial charge is 0.475 e. The van der Waals surface area contributed by atoms with Crippen LogP contribution in [0, 0.1) is 6.92 Å². The summed E-state index contributed by atoms with van der Waals surface area (Å²) in [7, 11) is -2.65. The molecular formula is C10H14N2O6S. The van der Waals surface area contributed by atoms with Gasteiger partial charge in [-0.05, 0) is 13.8 Å². The number of hydrogen-bond acceptors (Lipinski definition) is 5. The van der Waals surface area contributed by atoms with Gasteiger partial charge in [0.25, 0.3) is 0 Å². The van der Waals surface area contributed by atoms with E-state index in [0.717, 1.165) is 6.07 Å². The zero-order valence-electron chi connectivity index (χ0n) is 10.6. The van der Waals surface area contributed by atoms with Crippen LogP contribution >= 0.6 is 0 Å². The Morgan fingerprint density at radius 2 is 2.00 bits per heavy atom. The molecule has 1 amide bonds. The minimum absolute atomic E-state index is 0.0611. The van der Waals surface area contributed by atoms with Crippen molar-refractivity contribution in [3.63, 3.8) is 0 Å². The third kappa shape index (κ3) is 3.32. The monoisotopic (exact) mass is 290 g/mol. The second kappa shape index (κ2) is 5.41. The number of amides is 1. The number of carboxylic acid groups (broad SMARTS) is 1. The number of sulfonamides is 1. The smallest absolute Gasteiger partial charge is 0.371 e. The van der Waals surface area contributed by atoms with Gasteiger partial charge in [-0.3, -0.25) is 4.79 Å². The van der Waals surface area contributed by atoms with Crippen LogP contribution in [0.1, 0.15) is 23.2 Å². The van der Waals surface area contributed by atoms with Crippen molar-refractivity contribution in [2.45, 2.75) is 24.8 Å². The van der Waals surface area contributed by atoms with Crippen molar-refractivity contribution in [2.75, 3.05) is 7.05 Å². The van der Waals surface area contributed by atoms with Crippen LogP contribution in [0.3, 0.4) is 0 Å². The Kier molecular flexibility index (Phi) is 4.32. The van der Waals surface area contributed by atoms with Crippen molar-refractivity contribution in [3.8, 4) is 0 Å². The van der Waals surface area contributed by atoms with E-state index in [2.05, 4.69) is 10.0 Å². The number of carbonyl (C=O) groups excluding carboxylic acids is 1. The number of hydrogen-bond donors (Lipinski definition) is 3. The molecule has 1 aromatic heterocycles. The quantitative estimate of drug-likeness (QED) is 0.683. The standard InChI is InChI=1S/C10H14N2O6S/c1-5(9(13)11-3)12-19(16,17)8-4-7(10(14)15)18-6(8)2/h4-5,12H,1-3H3,(H,11,13)(H,14,15). The van der Waals surface area contributed by atoms with Crippen LogP contribution in [-0.2, 0) is 14.8 Å². The van der Waals surface area contributed by atoms with E-state index in [9.17, 15) is 18.0 Å². The van der Waals surface area contributed by atoms with E-state index >= 15 is 0 Å². The van der Waals surface area contributed by atoms with Gasteiger partial charge in [-0.25, -0.2) is 13.2 Å². The number of rotatable bonds is 5. The molecule has 0 saturated heterocycles. The van der Waals surface area contributed by atoms with Crippen molar-refractivity contribution in [3.05, 3.63) is 17.6 Å². The molecule has 1 atom stereocenters. The van der Waals surface area contributed by atoms with Crippen molar-refractivity contribution in [1.82, 2.24) is 10.0 Å². The summed E-state index contributed by atoms with van der Waals surface area (Å²) in [6.45, 7) is 2.69. The van der Waals surface area contributed by atoms with Crippen molar-refractivity contribution in [1.29, 1.82) is 0 Å². The maximum absolute atomic E-state index is 12.0. The third-order valence-corrected chi connectivity index (χ3v) is 3.99. The van der Waals surface area contributed by atoms with Crippen LogP contribution in [0.4, 0.5) is 0 Å². The van der Waals surface area contributed by atoms with Gasteiger partial charge in [0, 0.05) is 13.1 Å². The molecule has 0 aliphatic rings. The van der Waals surface area contributed by atoms with Crippen LogP contribution < -0.4 is 10.0 Å². The zero-order valence-corrected chi connectivity index (χ0v) is 11.4. The summed E-state index contributed by atoms with van der Waals surface area (Å²) in [5.74, 6) is -2.42. The summed E-state index contributed by atoms with van der Waals surface area (Å²) >= 11 is 0. The van der Waals surface area contributed by atoms with Crippen molar-refractivity contribution >= 4 is 21.9 Å². The molecule has 1 heterocycles. The van der Waals surface area contributed by atoms with Gasteiger partial charge in [-0.15, -0.1) is 0 Å². The number of nitrogens with one attached hydrogen (secondary N) is 2. The number of aryl methyl sites for hydroxylation is 1. The van der Waals surface area contributed by atoms with Crippen molar-refractivity contribution in [2.24, 2.45) is 0 Å². The van der Waals surface area contributed by atoms with Crippen LogP contribution in [0.2, 0.25) is 0 Å². The molecule has 9 heteroatoms. The Hall–Kier alpha value is -1.87. The lowest BCUT2D eigenvalue weighted by Gasteiger charge is -2.11. The fraction of sp³-hybridized carbons (Fsp3) is 0.400. The first-order chi connectivity index (χ1) is 8.69. The van der Waals surface area contributed by atoms with Crippen LogP contribution in [0.5, 0.6) is 0 Å². The van der Waals surface area contributed by atoms with E-state index in [4.69, 9.17) is 9.52 Å². The van der Waals surface area contributed by atoms with E-state index < -0.39 is 33.7 Å². The van der Waals surface area contributed by atoms with Gasteiger partial charge in [-0.2, -0.15) is 4.72 Å². The fourth-order valence-corrected chi connectivity index (χ4v) is 2.79. The van der Waals surface area contributed by atoms with Gasteiger partial charge >= 0.3 is 5.97 Å². The Labute approximate surface area is 109 Å². The highest BCUT2D eigenvalue weighted by molar-refractivity contribution is 7.89. The van der Waals surface area contributed by atoms with Crippen molar-refractivity contribution < 1.29 is 27.5 Å². The summed E-state index contributed by atoms with van der Waals surface area (Å²) < 4.78 is 30.9. The Morgan fingerprint density at radius 3 is 2.42 bits per heavy atom. The maximum atomic E-state index is 12.0. The SMILES string of the molecule is CNC(=O)C(C)NS(=O)(=O)c1cc(C(=O)O)oc1C. The van der Waals surface area contributed by atoms with E-state index in [-0.39, 0.29) is 10.7 Å². The predicted octanol–water partition coefficient (Wildman–Crippen LogP) is -0.301. The molecule has 0 radical (unpaired) electrons. The molecule has 1 unspecified atom stereocenters. The average Bonchev–Trinajstić information content (AvgIpc) is 2.70. The second-order valence-corrected chi connectivity index (χ2v) is 5.48. The molecule has 8 nitrogen and oxygen atoms in total. The number of furan rings is 1. The highest BCUT2D eigenvalue weighted by Crippen LogP contribution is 2.20. The molecular weight excluding hydrogens is 276 g/mol. The predicted molar refractivity (Wildman–Crippen MR) is 64.3 cm³/mol. The lowest BCUT2D eigenvalue weighted by molar-refractivity contribution is -0.121. The summed E-state index contributed by atoms with van der Waals surface area (Å²) in [6.07, 6.45) is 0. The lowest BCUT2D eigenvalue weighted by atomic mass is 10.3. The first kappa shape index (κ1) is 15.2. The molecule has 0 spiro atoms. The van der Waals surface area contributed by atoms with Gasteiger partial charge in [0.15, 0.2) is 0 Å². The molecule has 0 saturated carbocycles. The molecule has 0 fully saturated rings. The van der Waals surface area contributed by atoms with E-state index in [1.54, 1.807) is 0 Å². The third-order valence-electron chi connectivity index (χ3n) is 2.34. The highest BCUT2D eigenvalue weighted by Gasteiger charge is 2.27. The Morgan fingerprint density at radius 1 is 1.42 bits per heavy atom. The molecule has 1 aromatic rings. The highest BCUT2D eigenvalue weighted by atomic mass is 32.2. The number of aromatic carboxylic acids is 1. The van der Waals surface area contributed by atoms with Crippen LogP contribution in [-0.4, -0.2) is 38.5 Å². The Bertz CT molecular complexity index is 604. The number of carboxylic acids is 1. The topological polar surface area (TPSA) is 126 Å². The zero-order chi connectivity index (χ0) is 14.8. The molecule has 19 heavy (non-hydrogen) atoms. The molecule has 3 N–H and O–H groups in total. The first-order valence-corrected chi connectivity index (χ1v) is 6.75. The van der Waals surface area contributed by atoms with Gasteiger partial charge in [0.2, 0.25) is 21.7 Å². The molecule has 0 aliphatic heterocycles. The number of likely N-dealkylation sites (N-methyl/N-ethyl adjacent to an activating group) is 1. The van der Waals surface area contributed by atoms with Gasteiger partial charge in [0.05, 0.1) is 6.04 Å². The number of carbonyl (C=O) groups is 2. The fourth-order valence-electron chi connectivity index (χ4n) is 1.40. The summed E-state index contributed by atoms with van der Waals surface area (Å²) in [4.78, 5) is 21.7. The summed E-state index contributed by atoms with van der Waals surface area (Å²) in [6, 6.07) is -0.0890. The van der Waals surface area contributed by atoms with E-state index in [1.807, 2.05) is 0 Å². The molecule has 1 rings (SSSR count). The van der Waals surface area contributed by atoms with Crippen LogP contribution in [0.25, 0.3) is 0 Å². The minimum Gasteiger partial charge on any atom is -0.475 e. The average molecular weight is 290 g/mol. The molecule has 0 aliphatic carbocycles. The van der Waals surface area contributed by atoms with Crippen LogP contribution in [0.15, 0.2) is 15.4 Å². The summed E-state index contributed by atoms with van der Waals surface area (Å²) in [5, 5.41) is 11.0. The summed E-state index contributed by atoms with van der Waals surface area (Å²) in [5.41, 5.74) is 0. The maximum Gasteiger partial charge on any atom is 0.371 e. The first-order valence-electron chi connectivity index (χ1n) is 5.26. The molecule has 106 valence electrons. The van der Waals surface area contributed by atoms with Gasteiger partial charge in [-0.1, -0.05) is 0 Å². The normalized spacial score (nSPS) is 13.0. The van der Waals surface area contributed by atoms with E-state index in [1.165, 1.54) is 20.9 Å². The molecule has 0 aromatic carbocycles. The second-order valence-electron chi connectivity index (χ2n) is 3.79.